The number of anilines is 1. The normalized spacial score (nSPS) is 10.4. The fraction of sp³-hybridized carbons (Fsp3) is 0.174. The van der Waals surface area contributed by atoms with Crippen LogP contribution in [0.5, 0.6) is 0 Å². The van der Waals surface area contributed by atoms with Crippen molar-refractivity contribution in [1.29, 1.82) is 0 Å². The van der Waals surface area contributed by atoms with Gasteiger partial charge in [-0.05, 0) is 30.2 Å². The van der Waals surface area contributed by atoms with Gasteiger partial charge in [0.2, 0.25) is 0 Å². The summed E-state index contributed by atoms with van der Waals surface area (Å²) in [7, 11) is 2.55. The summed E-state index contributed by atoms with van der Waals surface area (Å²) in [6.07, 6.45) is 1.42. The highest BCUT2D eigenvalue weighted by Gasteiger charge is 2.21. The molecule has 0 radical (unpaired) electrons. The highest BCUT2D eigenvalue weighted by Crippen LogP contribution is 2.33. The quantitative estimate of drug-likeness (QED) is 0.486. The molecule has 6 heteroatoms. The van der Waals surface area contributed by atoms with Crippen LogP contribution in [0.25, 0.3) is 10.8 Å². The van der Waals surface area contributed by atoms with Gasteiger partial charge in [0.1, 0.15) is 0 Å². The lowest BCUT2D eigenvalue weighted by Gasteiger charge is -2.16. The summed E-state index contributed by atoms with van der Waals surface area (Å²) >= 11 is 0. The van der Waals surface area contributed by atoms with E-state index < -0.39 is 11.9 Å². The highest BCUT2D eigenvalue weighted by atomic mass is 16.5. The SMILES string of the molecule is COC(=O)c1ccc(NCCc2ccccc2)c2c(C(=O)OC)ccc(C=O)c12. The minimum Gasteiger partial charge on any atom is -0.465 e. The van der Waals surface area contributed by atoms with Gasteiger partial charge < -0.3 is 14.8 Å². The number of ether oxygens (including phenoxy) is 2. The number of aldehydes is 1. The lowest BCUT2D eigenvalue weighted by atomic mass is 9.94. The number of benzene rings is 3. The number of nitrogens with one attached hydrogen (secondary N) is 1. The summed E-state index contributed by atoms with van der Waals surface area (Å²) in [5.74, 6) is -1.14. The largest absolute Gasteiger partial charge is 0.465 e. The maximum atomic E-state index is 12.4. The molecule has 0 spiro atoms. The molecular formula is C23H21NO5. The van der Waals surface area contributed by atoms with Gasteiger partial charge in [-0.1, -0.05) is 36.4 Å². The molecule has 0 aliphatic heterocycles. The Morgan fingerprint density at radius 1 is 0.862 bits per heavy atom. The average Bonchev–Trinajstić information content (AvgIpc) is 2.78. The van der Waals surface area contributed by atoms with Crippen molar-refractivity contribution < 1.29 is 23.9 Å². The minimum atomic E-state index is -0.587. The van der Waals surface area contributed by atoms with E-state index in [4.69, 9.17) is 9.47 Å². The van der Waals surface area contributed by atoms with Crippen LogP contribution in [-0.4, -0.2) is 39.0 Å². The van der Waals surface area contributed by atoms with E-state index in [0.29, 0.717) is 34.9 Å². The number of esters is 2. The fourth-order valence-electron chi connectivity index (χ4n) is 3.31. The van der Waals surface area contributed by atoms with E-state index in [0.717, 1.165) is 12.0 Å². The van der Waals surface area contributed by atoms with E-state index in [9.17, 15) is 14.4 Å². The molecule has 0 aliphatic rings. The second-order valence-electron chi connectivity index (χ2n) is 6.38. The smallest absolute Gasteiger partial charge is 0.338 e. The van der Waals surface area contributed by atoms with Crippen LogP contribution in [0.15, 0.2) is 54.6 Å². The van der Waals surface area contributed by atoms with Crippen LogP contribution in [0, 0.1) is 0 Å². The molecule has 0 atom stereocenters. The van der Waals surface area contributed by atoms with E-state index in [-0.39, 0.29) is 11.1 Å². The van der Waals surface area contributed by atoms with Gasteiger partial charge in [-0.25, -0.2) is 9.59 Å². The maximum Gasteiger partial charge on any atom is 0.338 e. The van der Waals surface area contributed by atoms with E-state index in [1.54, 1.807) is 12.1 Å². The van der Waals surface area contributed by atoms with Crippen LogP contribution in [-0.2, 0) is 15.9 Å². The summed E-state index contributed by atoms with van der Waals surface area (Å²) < 4.78 is 9.76. The number of carbonyl (C=O) groups is 3. The molecule has 0 saturated heterocycles. The van der Waals surface area contributed by atoms with Crippen LogP contribution in [0.2, 0.25) is 0 Å². The van der Waals surface area contributed by atoms with Gasteiger partial charge in [-0.2, -0.15) is 0 Å². The number of carbonyl (C=O) groups excluding carboxylic acids is 3. The van der Waals surface area contributed by atoms with Gasteiger partial charge in [0.05, 0.1) is 25.3 Å². The first-order valence-corrected chi connectivity index (χ1v) is 9.10. The van der Waals surface area contributed by atoms with Crippen molar-refractivity contribution in [3.8, 4) is 0 Å². The van der Waals surface area contributed by atoms with Crippen LogP contribution in [0.1, 0.15) is 36.6 Å². The third kappa shape index (κ3) is 4.11. The Hall–Kier alpha value is -3.67. The Labute approximate surface area is 168 Å². The third-order valence-electron chi connectivity index (χ3n) is 4.70. The summed E-state index contributed by atoms with van der Waals surface area (Å²) in [4.78, 5) is 36.3. The summed E-state index contributed by atoms with van der Waals surface area (Å²) in [5.41, 5.74) is 2.56. The number of hydrogen-bond acceptors (Lipinski definition) is 6. The van der Waals surface area contributed by atoms with Crippen molar-refractivity contribution in [2.24, 2.45) is 0 Å². The van der Waals surface area contributed by atoms with Crippen molar-refractivity contribution in [3.05, 3.63) is 76.9 Å². The number of fused-ring (bicyclic) bond motifs is 1. The first-order chi connectivity index (χ1) is 14.1. The Kier molecular flexibility index (Phi) is 6.24. The minimum absolute atomic E-state index is 0.212. The molecular weight excluding hydrogens is 370 g/mol. The zero-order chi connectivity index (χ0) is 20.8. The highest BCUT2D eigenvalue weighted by molar-refractivity contribution is 6.19. The summed E-state index contributed by atoms with van der Waals surface area (Å²) in [5, 5.41) is 4.13. The molecule has 0 fully saturated rings. The lowest BCUT2D eigenvalue weighted by Crippen LogP contribution is -2.11. The average molecular weight is 391 g/mol. The second-order valence-corrected chi connectivity index (χ2v) is 6.38. The van der Waals surface area contributed by atoms with Crippen molar-refractivity contribution in [1.82, 2.24) is 0 Å². The van der Waals surface area contributed by atoms with Crippen LogP contribution in [0.4, 0.5) is 5.69 Å². The third-order valence-corrected chi connectivity index (χ3v) is 4.70. The molecule has 6 nitrogen and oxygen atoms in total. The number of hydrogen-bond donors (Lipinski definition) is 1. The van der Waals surface area contributed by atoms with Crippen molar-refractivity contribution in [3.63, 3.8) is 0 Å². The van der Waals surface area contributed by atoms with E-state index in [1.165, 1.54) is 26.4 Å². The van der Waals surface area contributed by atoms with Gasteiger partial charge in [-0.15, -0.1) is 0 Å². The Morgan fingerprint density at radius 3 is 2.10 bits per heavy atom. The monoisotopic (exact) mass is 391 g/mol. The Bertz CT molecular complexity index is 1060. The molecule has 0 bridgehead atoms. The van der Waals surface area contributed by atoms with E-state index in [2.05, 4.69) is 5.32 Å². The summed E-state index contributed by atoms with van der Waals surface area (Å²) in [6, 6.07) is 16.3. The van der Waals surface area contributed by atoms with Crippen LogP contribution >= 0.6 is 0 Å². The molecule has 3 aromatic carbocycles. The predicted octanol–water partition coefficient (Wildman–Crippen LogP) is 3.88. The Balaban J connectivity index is 2.12. The molecule has 3 aromatic rings. The van der Waals surface area contributed by atoms with Gasteiger partial charge >= 0.3 is 11.9 Å². The first-order valence-electron chi connectivity index (χ1n) is 9.10. The molecule has 0 saturated carbocycles. The van der Waals surface area contributed by atoms with Crippen molar-refractivity contribution in [2.45, 2.75) is 6.42 Å². The number of methoxy groups -OCH3 is 2. The van der Waals surface area contributed by atoms with Crippen molar-refractivity contribution in [2.75, 3.05) is 26.1 Å². The molecule has 1 N–H and O–H groups in total. The van der Waals surface area contributed by atoms with Crippen LogP contribution in [0.3, 0.4) is 0 Å². The van der Waals surface area contributed by atoms with E-state index in [1.807, 2.05) is 30.3 Å². The van der Waals surface area contributed by atoms with Gasteiger partial charge in [0.25, 0.3) is 0 Å². The van der Waals surface area contributed by atoms with Gasteiger partial charge in [0.15, 0.2) is 6.29 Å². The van der Waals surface area contributed by atoms with Gasteiger partial charge in [0, 0.05) is 28.6 Å². The second kappa shape index (κ2) is 9.01. The van der Waals surface area contributed by atoms with E-state index >= 15 is 0 Å². The first kappa shape index (κ1) is 20.1. The Morgan fingerprint density at radius 2 is 1.48 bits per heavy atom. The molecule has 0 aliphatic carbocycles. The number of rotatable bonds is 7. The summed E-state index contributed by atoms with van der Waals surface area (Å²) in [6.45, 7) is 0.600. The zero-order valence-corrected chi connectivity index (χ0v) is 16.2. The maximum absolute atomic E-state index is 12.4. The topological polar surface area (TPSA) is 81.7 Å². The van der Waals surface area contributed by atoms with Crippen molar-refractivity contribution >= 4 is 34.7 Å². The van der Waals surface area contributed by atoms with Crippen LogP contribution < -0.4 is 5.32 Å². The molecule has 148 valence electrons. The molecule has 0 amide bonds. The molecule has 0 aromatic heterocycles. The molecule has 0 unspecified atom stereocenters. The zero-order valence-electron chi connectivity index (χ0n) is 16.2. The molecule has 3 rings (SSSR count). The van der Waals surface area contributed by atoms with Gasteiger partial charge in [-0.3, -0.25) is 4.79 Å². The molecule has 0 heterocycles. The predicted molar refractivity (Wildman–Crippen MR) is 111 cm³/mol. The fourth-order valence-corrected chi connectivity index (χ4v) is 3.31. The molecule has 29 heavy (non-hydrogen) atoms. The lowest BCUT2D eigenvalue weighted by molar-refractivity contribution is 0.0592. The standard InChI is InChI=1S/C23H21NO5/c1-28-22(26)17-10-11-19(24-13-12-15-6-4-3-5-7-15)21-18(23(27)29-2)9-8-16(14-25)20(17)21/h3-11,14,24H,12-13H2,1-2H3.